The molecule has 1 aromatic carbocycles. The van der Waals surface area contributed by atoms with Gasteiger partial charge >= 0.3 is 0 Å². The lowest BCUT2D eigenvalue weighted by Crippen LogP contribution is -2.39. The normalized spacial score (nSPS) is 20.3. The predicted molar refractivity (Wildman–Crippen MR) is 100 cm³/mol. The summed E-state index contributed by atoms with van der Waals surface area (Å²) in [5.41, 5.74) is 0.694. The van der Waals surface area contributed by atoms with Gasteiger partial charge in [0.2, 0.25) is 5.91 Å². The summed E-state index contributed by atoms with van der Waals surface area (Å²) in [7, 11) is 0. The van der Waals surface area contributed by atoms with Crippen molar-refractivity contribution in [1.29, 1.82) is 0 Å². The van der Waals surface area contributed by atoms with Crippen LogP contribution in [0.2, 0.25) is 0 Å². The highest BCUT2D eigenvalue weighted by Gasteiger charge is 2.19. The van der Waals surface area contributed by atoms with E-state index in [4.69, 9.17) is 4.74 Å². The molecule has 0 radical (unpaired) electrons. The third-order valence-corrected chi connectivity index (χ3v) is 5.50. The van der Waals surface area contributed by atoms with E-state index in [0.717, 1.165) is 44.0 Å². The van der Waals surface area contributed by atoms with E-state index in [2.05, 4.69) is 10.6 Å². The SMILES string of the molecule is O=C(CC1CSCCN1)Nc1cccc(OCC(=O)N2CCCC2)c1. The number of anilines is 1. The summed E-state index contributed by atoms with van der Waals surface area (Å²) in [4.78, 5) is 26.0. The highest BCUT2D eigenvalue weighted by atomic mass is 32.2. The maximum absolute atomic E-state index is 12.2. The summed E-state index contributed by atoms with van der Waals surface area (Å²) in [6.45, 7) is 2.65. The minimum atomic E-state index is -0.00899. The Morgan fingerprint density at radius 3 is 2.92 bits per heavy atom. The van der Waals surface area contributed by atoms with Gasteiger partial charge in [0.15, 0.2) is 6.61 Å². The molecule has 2 fully saturated rings. The zero-order valence-corrected chi connectivity index (χ0v) is 15.1. The number of carbonyl (C=O) groups excluding carboxylic acids is 2. The van der Waals surface area contributed by atoms with E-state index in [1.807, 2.05) is 28.8 Å². The van der Waals surface area contributed by atoms with Crippen molar-refractivity contribution >= 4 is 29.3 Å². The quantitative estimate of drug-likeness (QED) is 0.805. The van der Waals surface area contributed by atoms with Crippen LogP contribution in [-0.2, 0) is 9.59 Å². The Hall–Kier alpha value is -1.73. The van der Waals surface area contributed by atoms with Crippen molar-refractivity contribution in [2.24, 2.45) is 0 Å². The van der Waals surface area contributed by atoms with Gasteiger partial charge in [-0.2, -0.15) is 11.8 Å². The molecular formula is C18H25N3O3S. The molecule has 1 aromatic rings. The third kappa shape index (κ3) is 5.64. The van der Waals surface area contributed by atoms with Gasteiger partial charge in [-0.1, -0.05) is 6.07 Å². The Labute approximate surface area is 152 Å². The van der Waals surface area contributed by atoms with Gasteiger partial charge in [0.1, 0.15) is 5.75 Å². The van der Waals surface area contributed by atoms with E-state index in [9.17, 15) is 9.59 Å². The average molecular weight is 363 g/mol. The van der Waals surface area contributed by atoms with Gasteiger partial charge in [-0.15, -0.1) is 0 Å². The molecule has 6 nitrogen and oxygen atoms in total. The molecule has 0 aromatic heterocycles. The van der Waals surface area contributed by atoms with Gasteiger partial charge in [-0.25, -0.2) is 0 Å². The number of likely N-dealkylation sites (tertiary alicyclic amines) is 1. The second-order valence-corrected chi connectivity index (χ2v) is 7.53. The predicted octanol–water partition coefficient (Wildman–Crippen LogP) is 1.72. The first-order chi connectivity index (χ1) is 12.2. The van der Waals surface area contributed by atoms with E-state index in [1.165, 1.54) is 0 Å². The van der Waals surface area contributed by atoms with Crippen LogP contribution in [0, 0.1) is 0 Å². The summed E-state index contributed by atoms with van der Waals surface area (Å²) < 4.78 is 5.59. The maximum Gasteiger partial charge on any atom is 0.260 e. The molecule has 0 spiro atoms. The second kappa shape index (κ2) is 9.10. The fraction of sp³-hybridized carbons (Fsp3) is 0.556. The van der Waals surface area contributed by atoms with E-state index in [1.54, 1.807) is 12.1 Å². The lowest BCUT2D eigenvalue weighted by molar-refractivity contribution is -0.132. The van der Waals surface area contributed by atoms with Crippen molar-refractivity contribution in [2.75, 3.05) is 43.1 Å². The Morgan fingerprint density at radius 1 is 1.32 bits per heavy atom. The van der Waals surface area contributed by atoms with Crippen molar-refractivity contribution in [3.05, 3.63) is 24.3 Å². The first-order valence-corrected chi connectivity index (χ1v) is 9.98. The third-order valence-electron chi connectivity index (χ3n) is 4.37. The van der Waals surface area contributed by atoms with E-state index in [0.29, 0.717) is 17.9 Å². The van der Waals surface area contributed by atoms with Gasteiger partial charge in [0.05, 0.1) is 0 Å². The number of carbonyl (C=O) groups is 2. The smallest absolute Gasteiger partial charge is 0.260 e. The average Bonchev–Trinajstić information content (AvgIpc) is 3.15. The number of amides is 2. The van der Waals surface area contributed by atoms with E-state index < -0.39 is 0 Å². The molecule has 7 heteroatoms. The fourth-order valence-corrected chi connectivity index (χ4v) is 4.00. The van der Waals surface area contributed by atoms with E-state index >= 15 is 0 Å². The number of hydrogen-bond acceptors (Lipinski definition) is 5. The molecule has 2 saturated heterocycles. The molecule has 25 heavy (non-hydrogen) atoms. The van der Waals surface area contributed by atoms with E-state index in [-0.39, 0.29) is 24.5 Å². The standard InChI is InChI=1S/C18H25N3O3S/c22-17(11-15-13-25-9-6-19-15)20-14-4-3-5-16(10-14)24-12-18(23)21-7-1-2-8-21/h3-5,10,15,19H,1-2,6-9,11-13H2,(H,20,22). The molecule has 0 saturated carbocycles. The van der Waals surface area contributed by atoms with Crippen LogP contribution in [0.25, 0.3) is 0 Å². The molecule has 1 unspecified atom stereocenters. The summed E-state index contributed by atoms with van der Waals surface area (Å²) in [5, 5.41) is 6.27. The first-order valence-electron chi connectivity index (χ1n) is 8.82. The number of rotatable bonds is 6. The minimum absolute atomic E-state index is 0.00899. The van der Waals surface area contributed by atoms with Gasteiger partial charge in [-0.3, -0.25) is 9.59 Å². The van der Waals surface area contributed by atoms with Gasteiger partial charge < -0.3 is 20.3 Å². The molecule has 2 aliphatic heterocycles. The minimum Gasteiger partial charge on any atom is -0.484 e. The lowest BCUT2D eigenvalue weighted by Gasteiger charge is -2.22. The topological polar surface area (TPSA) is 70.7 Å². The number of ether oxygens (including phenoxy) is 1. The lowest BCUT2D eigenvalue weighted by atomic mass is 10.2. The molecular weight excluding hydrogens is 338 g/mol. The Morgan fingerprint density at radius 2 is 2.16 bits per heavy atom. The molecule has 136 valence electrons. The van der Waals surface area contributed by atoms with Crippen LogP contribution in [0.15, 0.2) is 24.3 Å². The summed E-state index contributed by atoms with van der Waals surface area (Å²) in [6.07, 6.45) is 2.61. The molecule has 3 rings (SSSR count). The zero-order chi connectivity index (χ0) is 17.5. The van der Waals surface area contributed by atoms with Crippen molar-refractivity contribution in [3.63, 3.8) is 0 Å². The maximum atomic E-state index is 12.2. The molecule has 2 N–H and O–H groups in total. The first kappa shape index (κ1) is 18.1. The van der Waals surface area contributed by atoms with Crippen molar-refractivity contribution in [1.82, 2.24) is 10.2 Å². The Bertz CT molecular complexity index is 599. The van der Waals surface area contributed by atoms with Crippen LogP contribution in [0.3, 0.4) is 0 Å². The van der Waals surface area contributed by atoms with Crippen LogP contribution in [0.1, 0.15) is 19.3 Å². The second-order valence-electron chi connectivity index (χ2n) is 6.38. The van der Waals surface area contributed by atoms with Gasteiger partial charge in [-0.05, 0) is 25.0 Å². The Balaban J connectivity index is 1.47. The highest BCUT2D eigenvalue weighted by molar-refractivity contribution is 7.99. The summed E-state index contributed by atoms with van der Waals surface area (Å²) >= 11 is 1.87. The summed E-state index contributed by atoms with van der Waals surface area (Å²) in [6, 6.07) is 7.44. The van der Waals surface area contributed by atoms with Crippen LogP contribution in [0.4, 0.5) is 5.69 Å². The molecule has 1 atom stereocenters. The van der Waals surface area contributed by atoms with Crippen LogP contribution >= 0.6 is 11.8 Å². The number of nitrogens with one attached hydrogen (secondary N) is 2. The molecule has 2 amide bonds. The van der Waals surface area contributed by atoms with Crippen molar-refractivity contribution in [3.8, 4) is 5.75 Å². The van der Waals surface area contributed by atoms with Crippen LogP contribution < -0.4 is 15.4 Å². The Kier molecular flexibility index (Phi) is 6.58. The van der Waals surface area contributed by atoms with Crippen LogP contribution in [0.5, 0.6) is 5.75 Å². The monoisotopic (exact) mass is 363 g/mol. The largest absolute Gasteiger partial charge is 0.484 e. The fourth-order valence-electron chi connectivity index (χ4n) is 3.05. The molecule has 0 bridgehead atoms. The van der Waals surface area contributed by atoms with Gasteiger partial charge in [0, 0.05) is 55.4 Å². The summed E-state index contributed by atoms with van der Waals surface area (Å²) in [5.74, 6) is 2.68. The molecule has 0 aliphatic carbocycles. The highest BCUT2D eigenvalue weighted by Crippen LogP contribution is 2.19. The number of benzene rings is 1. The van der Waals surface area contributed by atoms with Gasteiger partial charge in [0.25, 0.3) is 5.91 Å². The number of nitrogens with zero attached hydrogens (tertiary/aromatic N) is 1. The zero-order valence-electron chi connectivity index (χ0n) is 14.3. The number of thioether (sulfide) groups is 1. The molecule has 2 aliphatic rings. The van der Waals surface area contributed by atoms with Crippen molar-refractivity contribution in [2.45, 2.75) is 25.3 Å². The number of hydrogen-bond donors (Lipinski definition) is 2. The van der Waals surface area contributed by atoms with Crippen LogP contribution in [-0.4, -0.2) is 60.5 Å². The van der Waals surface area contributed by atoms with Crippen molar-refractivity contribution < 1.29 is 14.3 Å². The molecule has 2 heterocycles.